The minimum atomic E-state index is -0.130. The zero-order valence-corrected chi connectivity index (χ0v) is 21.7. The van der Waals surface area contributed by atoms with Crippen LogP contribution < -0.4 is 21.3 Å². The molecule has 2 heterocycles. The molecule has 12 heteroatoms. The van der Waals surface area contributed by atoms with Gasteiger partial charge < -0.3 is 40.2 Å². The number of hydrogen-bond donors (Lipinski definition) is 4. The molecule has 0 aliphatic carbocycles. The van der Waals surface area contributed by atoms with E-state index >= 15 is 0 Å². The summed E-state index contributed by atoms with van der Waals surface area (Å²) in [6.45, 7) is 4.14. The molecule has 204 valence electrons. The Hall–Kier alpha value is -2.04. The topological polar surface area (TPSA) is 136 Å². The normalized spacial score (nSPS) is 20.3. The minimum Gasteiger partial charge on any atom is -0.379 e. The Morgan fingerprint density at radius 1 is 0.889 bits per heavy atom. The van der Waals surface area contributed by atoms with E-state index in [1.54, 1.807) is 0 Å². The summed E-state index contributed by atoms with van der Waals surface area (Å²) in [6, 6.07) is 0.410. The number of rotatable bonds is 21. The van der Waals surface area contributed by atoms with Crippen molar-refractivity contribution in [3.8, 4) is 12.3 Å². The van der Waals surface area contributed by atoms with Crippen LogP contribution in [0.15, 0.2) is 0 Å². The molecule has 2 aliphatic heterocycles. The second-order valence-electron chi connectivity index (χ2n) is 8.40. The van der Waals surface area contributed by atoms with Gasteiger partial charge in [-0.25, -0.2) is 4.79 Å². The van der Waals surface area contributed by atoms with Crippen LogP contribution in [0.1, 0.15) is 32.1 Å². The fourth-order valence-electron chi connectivity index (χ4n) is 3.79. The maximum Gasteiger partial charge on any atom is 0.315 e. The first-order valence-corrected chi connectivity index (χ1v) is 13.6. The molecule has 4 amide bonds. The molecule has 3 atom stereocenters. The molecule has 2 fully saturated rings. The first-order valence-electron chi connectivity index (χ1n) is 12.6. The molecule has 36 heavy (non-hydrogen) atoms. The van der Waals surface area contributed by atoms with E-state index < -0.39 is 0 Å². The summed E-state index contributed by atoms with van der Waals surface area (Å²) in [5.74, 6) is 3.21. The highest BCUT2D eigenvalue weighted by Crippen LogP contribution is 2.33. The molecule has 0 aromatic carbocycles. The number of carbonyl (C=O) groups excluding carboxylic acids is 3. The summed E-state index contributed by atoms with van der Waals surface area (Å²) in [5.41, 5.74) is 0. The average Bonchev–Trinajstić information content (AvgIpc) is 3.42. The molecule has 0 saturated carbocycles. The molecule has 0 spiro atoms. The van der Waals surface area contributed by atoms with Crippen molar-refractivity contribution >= 4 is 29.6 Å². The van der Waals surface area contributed by atoms with E-state index in [0.717, 1.165) is 25.0 Å². The van der Waals surface area contributed by atoms with E-state index in [1.807, 2.05) is 11.8 Å². The van der Waals surface area contributed by atoms with Gasteiger partial charge in [-0.2, -0.15) is 11.8 Å². The summed E-state index contributed by atoms with van der Waals surface area (Å²) < 4.78 is 21.6. The van der Waals surface area contributed by atoms with Gasteiger partial charge in [0.05, 0.1) is 71.5 Å². The Morgan fingerprint density at radius 2 is 1.53 bits per heavy atom. The fourth-order valence-corrected chi connectivity index (χ4v) is 5.33. The maximum atomic E-state index is 11.9. The van der Waals surface area contributed by atoms with Crippen LogP contribution in [0.3, 0.4) is 0 Å². The predicted molar refractivity (Wildman–Crippen MR) is 137 cm³/mol. The predicted octanol–water partition coefficient (Wildman–Crippen LogP) is 0.0343. The zero-order valence-electron chi connectivity index (χ0n) is 20.9. The van der Waals surface area contributed by atoms with E-state index in [-0.39, 0.29) is 42.9 Å². The lowest BCUT2D eigenvalue weighted by molar-refractivity contribution is -0.122. The second-order valence-corrected chi connectivity index (χ2v) is 9.67. The number of fused-ring (bicyclic) bond motifs is 1. The van der Waals surface area contributed by atoms with Crippen LogP contribution in [-0.2, 0) is 28.5 Å². The van der Waals surface area contributed by atoms with Crippen molar-refractivity contribution in [1.82, 2.24) is 21.3 Å². The molecule has 2 aliphatic rings. The molecule has 4 N–H and O–H groups in total. The Morgan fingerprint density at radius 3 is 2.22 bits per heavy atom. The van der Waals surface area contributed by atoms with E-state index in [2.05, 4.69) is 27.2 Å². The quantitative estimate of drug-likeness (QED) is 0.0931. The standard InChI is InChI=1S/C24H40N4O7S/c1-2-8-25-22(30)7-10-32-12-14-34-16-17-35-15-13-33-11-9-26-21(29)6-4-3-5-20-23-19(18-36-20)27-24(31)28-23/h1,19-20,23H,3-18H2,(H,25,30)(H,26,29)(H2,27,28,31)/t19?,20-,23?/m0/s1. The van der Waals surface area contributed by atoms with Gasteiger partial charge in [0, 0.05) is 30.4 Å². The molecule has 0 radical (unpaired) electrons. The highest BCUT2D eigenvalue weighted by Gasteiger charge is 2.42. The summed E-state index contributed by atoms with van der Waals surface area (Å²) >= 11 is 1.90. The van der Waals surface area contributed by atoms with Gasteiger partial charge in [0.1, 0.15) is 0 Å². The van der Waals surface area contributed by atoms with Crippen molar-refractivity contribution in [1.29, 1.82) is 0 Å². The number of terminal acetylenes is 1. The summed E-state index contributed by atoms with van der Waals surface area (Å²) in [4.78, 5) is 34.6. The van der Waals surface area contributed by atoms with Crippen LogP contribution in [0.4, 0.5) is 4.79 Å². The first kappa shape index (κ1) is 30.2. The third kappa shape index (κ3) is 13.3. The van der Waals surface area contributed by atoms with Crippen molar-refractivity contribution in [3.63, 3.8) is 0 Å². The van der Waals surface area contributed by atoms with Crippen LogP contribution in [0.25, 0.3) is 0 Å². The highest BCUT2D eigenvalue weighted by molar-refractivity contribution is 8.00. The number of amides is 4. The molecular weight excluding hydrogens is 488 g/mol. The number of carbonyl (C=O) groups is 3. The zero-order chi connectivity index (χ0) is 25.8. The van der Waals surface area contributed by atoms with Gasteiger partial charge >= 0.3 is 6.03 Å². The lowest BCUT2D eigenvalue weighted by atomic mass is 10.0. The summed E-state index contributed by atoms with van der Waals surface area (Å²) in [6.07, 6.45) is 8.66. The van der Waals surface area contributed by atoms with E-state index in [0.29, 0.717) is 71.1 Å². The van der Waals surface area contributed by atoms with E-state index in [4.69, 9.17) is 25.4 Å². The van der Waals surface area contributed by atoms with Crippen LogP contribution in [-0.4, -0.2) is 107 Å². The lowest BCUT2D eigenvalue weighted by Gasteiger charge is -2.16. The second kappa shape index (κ2) is 19.1. The molecule has 11 nitrogen and oxygen atoms in total. The van der Waals surface area contributed by atoms with Crippen molar-refractivity contribution in [2.45, 2.75) is 49.4 Å². The molecule has 2 unspecified atom stereocenters. The van der Waals surface area contributed by atoms with Gasteiger partial charge in [-0.3, -0.25) is 9.59 Å². The molecule has 0 aromatic heterocycles. The van der Waals surface area contributed by atoms with Crippen LogP contribution in [0, 0.1) is 12.3 Å². The molecular formula is C24H40N4O7S. The third-order valence-corrected chi connectivity index (χ3v) is 7.13. The van der Waals surface area contributed by atoms with Gasteiger partial charge in [0.25, 0.3) is 0 Å². The number of unbranched alkanes of at least 4 members (excludes halogenated alkanes) is 1. The smallest absolute Gasteiger partial charge is 0.315 e. The summed E-state index contributed by atoms with van der Waals surface area (Å²) in [7, 11) is 0. The lowest BCUT2D eigenvalue weighted by Crippen LogP contribution is -2.36. The maximum absolute atomic E-state index is 11.9. The average molecular weight is 529 g/mol. The van der Waals surface area contributed by atoms with E-state index in [1.165, 1.54) is 0 Å². The molecule has 0 bridgehead atoms. The van der Waals surface area contributed by atoms with Gasteiger partial charge in [-0.05, 0) is 12.8 Å². The number of ether oxygens (including phenoxy) is 4. The largest absolute Gasteiger partial charge is 0.379 e. The highest BCUT2D eigenvalue weighted by atomic mass is 32.2. The van der Waals surface area contributed by atoms with Crippen LogP contribution >= 0.6 is 11.8 Å². The number of nitrogens with one attached hydrogen (secondary N) is 4. The monoisotopic (exact) mass is 528 g/mol. The minimum absolute atomic E-state index is 0.0379. The van der Waals surface area contributed by atoms with E-state index in [9.17, 15) is 14.4 Å². The number of hydrogen-bond acceptors (Lipinski definition) is 8. The first-order chi connectivity index (χ1) is 17.6. The van der Waals surface area contributed by atoms with Gasteiger partial charge in [-0.15, -0.1) is 6.42 Å². The molecule has 0 aromatic rings. The van der Waals surface area contributed by atoms with Crippen molar-refractivity contribution in [3.05, 3.63) is 0 Å². The number of thioether (sulfide) groups is 1. The number of urea groups is 1. The van der Waals surface area contributed by atoms with Crippen LogP contribution in [0.5, 0.6) is 0 Å². The van der Waals surface area contributed by atoms with Gasteiger partial charge in [0.2, 0.25) is 11.8 Å². The Balaban J connectivity index is 1.26. The van der Waals surface area contributed by atoms with Crippen molar-refractivity contribution < 1.29 is 33.3 Å². The summed E-state index contributed by atoms with van der Waals surface area (Å²) in [5, 5.41) is 11.8. The molecule has 2 saturated heterocycles. The SMILES string of the molecule is C#CCNC(=O)CCOCCOCCOCCOCCNC(=O)CCCC[C@@H]1SCC2NC(=O)NC21. The Kier molecular flexibility index (Phi) is 16.0. The van der Waals surface area contributed by atoms with Gasteiger partial charge in [0.15, 0.2) is 0 Å². The van der Waals surface area contributed by atoms with Crippen molar-refractivity contribution in [2.24, 2.45) is 0 Å². The third-order valence-electron chi connectivity index (χ3n) is 5.63. The van der Waals surface area contributed by atoms with Crippen molar-refractivity contribution in [2.75, 3.05) is 71.7 Å². The van der Waals surface area contributed by atoms with Crippen LogP contribution in [0.2, 0.25) is 0 Å². The Labute approximate surface area is 217 Å². The Bertz CT molecular complexity index is 706. The fraction of sp³-hybridized carbons (Fsp3) is 0.792. The molecule has 2 rings (SSSR count). The van der Waals surface area contributed by atoms with Gasteiger partial charge in [-0.1, -0.05) is 12.3 Å².